The van der Waals surface area contributed by atoms with Crippen LogP contribution in [-0.4, -0.2) is 6.54 Å². The van der Waals surface area contributed by atoms with Crippen LogP contribution in [0.3, 0.4) is 0 Å². The Bertz CT molecular complexity index is 324. The normalized spacial score (nSPS) is 11.7. The van der Waals surface area contributed by atoms with Crippen LogP contribution in [0.25, 0.3) is 0 Å². The highest BCUT2D eigenvalue weighted by Gasteiger charge is 2.09. The van der Waals surface area contributed by atoms with Crippen molar-refractivity contribution in [3.05, 3.63) is 29.3 Å². The molecule has 0 saturated heterocycles. The van der Waals surface area contributed by atoms with E-state index in [-0.39, 0.29) is 0 Å². The van der Waals surface area contributed by atoms with Gasteiger partial charge in [-0.3, -0.25) is 0 Å². The standard InChI is InChI=1S/C13H22N2/c1-10-5-6-12(14)11(7-10)8-15-9-13(2,3)4/h5-7,15H,8-9,14H2,1-4H3. The maximum absolute atomic E-state index is 5.90. The Morgan fingerprint density at radius 3 is 2.53 bits per heavy atom. The number of benzene rings is 1. The van der Waals surface area contributed by atoms with Crippen molar-refractivity contribution < 1.29 is 0 Å². The summed E-state index contributed by atoms with van der Waals surface area (Å²) in [6.07, 6.45) is 0. The van der Waals surface area contributed by atoms with E-state index in [0.717, 1.165) is 18.8 Å². The van der Waals surface area contributed by atoms with Gasteiger partial charge in [-0.2, -0.15) is 0 Å². The topological polar surface area (TPSA) is 38.0 Å². The second-order valence-electron chi connectivity index (χ2n) is 5.37. The van der Waals surface area contributed by atoms with Gasteiger partial charge >= 0.3 is 0 Å². The number of hydrogen-bond acceptors (Lipinski definition) is 2. The summed E-state index contributed by atoms with van der Waals surface area (Å²) in [5.74, 6) is 0. The van der Waals surface area contributed by atoms with Gasteiger partial charge < -0.3 is 11.1 Å². The third-order valence-corrected chi connectivity index (χ3v) is 2.27. The van der Waals surface area contributed by atoms with Gasteiger partial charge in [-0.25, -0.2) is 0 Å². The van der Waals surface area contributed by atoms with Gasteiger partial charge in [-0.1, -0.05) is 38.5 Å². The largest absolute Gasteiger partial charge is 0.398 e. The molecule has 2 nitrogen and oxygen atoms in total. The van der Waals surface area contributed by atoms with Gasteiger partial charge in [0.2, 0.25) is 0 Å². The van der Waals surface area contributed by atoms with Crippen LogP contribution in [0.15, 0.2) is 18.2 Å². The molecule has 0 heterocycles. The van der Waals surface area contributed by atoms with Crippen LogP contribution in [0.4, 0.5) is 5.69 Å². The molecule has 0 spiro atoms. The van der Waals surface area contributed by atoms with E-state index < -0.39 is 0 Å². The lowest BCUT2D eigenvalue weighted by Crippen LogP contribution is -2.26. The lowest BCUT2D eigenvalue weighted by Gasteiger charge is -2.19. The van der Waals surface area contributed by atoms with E-state index in [1.165, 1.54) is 11.1 Å². The van der Waals surface area contributed by atoms with Crippen LogP contribution in [0.2, 0.25) is 0 Å². The minimum atomic E-state index is 0.318. The Balaban J connectivity index is 2.54. The summed E-state index contributed by atoms with van der Waals surface area (Å²) in [5, 5.41) is 3.43. The molecule has 15 heavy (non-hydrogen) atoms. The molecule has 1 aromatic carbocycles. The summed E-state index contributed by atoms with van der Waals surface area (Å²) >= 11 is 0. The number of aryl methyl sites for hydroxylation is 1. The van der Waals surface area contributed by atoms with Gasteiger partial charge in [0.15, 0.2) is 0 Å². The molecule has 0 aliphatic rings. The molecule has 0 atom stereocenters. The van der Waals surface area contributed by atoms with Crippen LogP contribution in [0.5, 0.6) is 0 Å². The minimum absolute atomic E-state index is 0.318. The summed E-state index contributed by atoms with van der Waals surface area (Å²) in [5.41, 5.74) is 9.55. The third kappa shape index (κ3) is 4.34. The quantitative estimate of drug-likeness (QED) is 0.746. The number of nitrogens with two attached hydrogens (primary N) is 1. The Morgan fingerprint density at radius 2 is 1.93 bits per heavy atom. The second kappa shape index (κ2) is 4.67. The molecule has 0 amide bonds. The molecule has 3 N–H and O–H groups in total. The van der Waals surface area contributed by atoms with Crippen molar-refractivity contribution in [2.75, 3.05) is 12.3 Å². The lowest BCUT2D eigenvalue weighted by atomic mass is 9.97. The average molecular weight is 206 g/mol. The number of nitrogen functional groups attached to an aromatic ring is 1. The van der Waals surface area contributed by atoms with E-state index in [0.29, 0.717) is 5.41 Å². The van der Waals surface area contributed by atoms with Crippen molar-refractivity contribution in [2.45, 2.75) is 34.2 Å². The van der Waals surface area contributed by atoms with Gasteiger partial charge in [0.05, 0.1) is 0 Å². The van der Waals surface area contributed by atoms with Crippen molar-refractivity contribution in [3.63, 3.8) is 0 Å². The van der Waals surface area contributed by atoms with Gasteiger partial charge in [-0.05, 0) is 24.0 Å². The molecule has 1 aromatic rings. The molecule has 2 heteroatoms. The zero-order valence-electron chi connectivity index (χ0n) is 10.2. The highest BCUT2D eigenvalue weighted by molar-refractivity contribution is 5.48. The van der Waals surface area contributed by atoms with Crippen LogP contribution in [-0.2, 0) is 6.54 Å². The van der Waals surface area contributed by atoms with Gasteiger partial charge in [0, 0.05) is 18.8 Å². The zero-order valence-corrected chi connectivity index (χ0v) is 10.2. The smallest absolute Gasteiger partial charge is 0.0359 e. The molecule has 0 radical (unpaired) electrons. The summed E-state index contributed by atoms with van der Waals surface area (Å²) in [7, 11) is 0. The highest BCUT2D eigenvalue weighted by Crippen LogP contribution is 2.15. The van der Waals surface area contributed by atoms with E-state index in [2.05, 4.69) is 39.1 Å². The molecular weight excluding hydrogens is 184 g/mol. The van der Waals surface area contributed by atoms with Crippen LogP contribution in [0.1, 0.15) is 31.9 Å². The van der Waals surface area contributed by atoms with Crippen molar-refractivity contribution in [2.24, 2.45) is 5.41 Å². The lowest BCUT2D eigenvalue weighted by molar-refractivity contribution is 0.379. The van der Waals surface area contributed by atoms with Crippen molar-refractivity contribution in [1.29, 1.82) is 0 Å². The molecule has 0 bridgehead atoms. The van der Waals surface area contributed by atoms with Crippen LogP contribution >= 0.6 is 0 Å². The van der Waals surface area contributed by atoms with Crippen LogP contribution < -0.4 is 11.1 Å². The Hall–Kier alpha value is -1.02. The second-order valence-corrected chi connectivity index (χ2v) is 5.37. The monoisotopic (exact) mass is 206 g/mol. The summed E-state index contributed by atoms with van der Waals surface area (Å²) in [4.78, 5) is 0. The molecule has 0 saturated carbocycles. The van der Waals surface area contributed by atoms with Gasteiger partial charge in [0.25, 0.3) is 0 Å². The fourth-order valence-electron chi connectivity index (χ4n) is 1.46. The third-order valence-electron chi connectivity index (χ3n) is 2.27. The van der Waals surface area contributed by atoms with Crippen LogP contribution in [0, 0.1) is 12.3 Å². The fraction of sp³-hybridized carbons (Fsp3) is 0.538. The van der Waals surface area contributed by atoms with Gasteiger partial charge in [0.1, 0.15) is 0 Å². The van der Waals surface area contributed by atoms with E-state index in [9.17, 15) is 0 Å². The van der Waals surface area contributed by atoms with E-state index in [4.69, 9.17) is 5.73 Å². The average Bonchev–Trinajstić information content (AvgIpc) is 2.09. The molecule has 84 valence electrons. The number of nitrogens with one attached hydrogen (secondary N) is 1. The Kier molecular flexibility index (Phi) is 3.75. The predicted molar refractivity (Wildman–Crippen MR) is 66.8 cm³/mol. The molecular formula is C13H22N2. The van der Waals surface area contributed by atoms with Crippen molar-refractivity contribution in [3.8, 4) is 0 Å². The van der Waals surface area contributed by atoms with E-state index in [1.54, 1.807) is 0 Å². The highest BCUT2D eigenvalue weighted by atomic mass is 14.9. The van der Waals surface area contributed by atoms with Crippen molar-refractivity contribution >= 4 is 5.69 Å². The zero-order chi connectivity index (χ0) is 11.5. The summed E-state index contributed by atoms with van der Waals surface area (Å²) < 4.78 is 0. The molecule has 0 unspecified atom stereocenters. The van der Waals surface area contributed by atoms with E-state index >= 15 is 0 Å². The maximum Gasteiger partial charge on any atom is 0.0359 e. The number of anilines is 1. The first-order valence-corrected chi connectivity index (χ1v) is 5.44. The Labute approximate surface area is 92.9 Å². The minimum Gasteiger partial charge on any atom is -0.398 e. The number of hydrogen-bond donors (Lipinski definition) is 2. The Morgan fingerprint density at radius 1 is 1.27 bits per heavy atom. The molecule has 1 rings (SSSR count). The van der Waals surface area contributed by atoms with Crippen molar-refractivity contribution in [1.82, 2.24) is 5.32 Å². The first kappa shape index (κ1) is 12.1. The SMILES string of the molecule is Cc1ccc(N)c(CNCC(C)(C)C)c1. The predicted octanol–water partition coefficient (Wildman–Crippen LogP) is 2.71. The molecule has 0 aromatic heterocycles. The molecule has 0 fully saturated rings. The maximum atomic E-state index is 5.90. The molecule has 0 aliphatic carbocycles. The first-order chi connectivity index (χ1) is 6.88. The van der Waals surface area contributed by atoms with Gasteiger partial charge in [-0.15, -0.1) is 0 Å². The fourth-order valence-corrected chi connectivity index (χ4v) is 1.46. The number of rotatable bonds is 3. The van der Waals surface area contributed by atoms with E-state index in [1.807, 2.05) is 12.1 Å². The summed E-state index contributed by atoms with van der Waals surface area (Å²) in [6, 6.07) is 6.16. The molecule has 0 aliphatic heterocycles. The summed E-state index contributed by atoms with van der Waals surface area (Å²) in [6.45, 7) is 10.6. The first-order valence-electron chi connectivity index (χ1n) is 5.44.